The fraction of sp³-hybridized carbons (Fsp3) is 0.150. The average Bonchev–Trinajstić information content (AvgIpc) is 2.91. The largest absolute Gasteiger partial charge is 0.378 e. The van der Waals surface area contributed by atoms with E-state index in [4.69, 9.17) is 0 Å². The number of carbonyl (C=O) groups excluding carboxylic acids is 3. The van der Waals surface area contributed by atoms with Gasteiger partial charge in [-0.2, -0.15) is 0 Å². The van der Waals surface area contributed by atoms with Gasteiger partial charge < -0.3 is 10.2 Å². The van der Waals surface area contributed by atoms with Crippen LogP contribution >= 0.6 is 27.7 Å². The molecule has 0 bridgehead atoms. The van der Waals surface area contributed by atoms with Crippen molar-refractivity contribution in [2.75, 3.05) is 30.9 Å². The van der Waals surface area contributed by atoms with Gasteiger partial charge >= 0.3 is 0 Å². The van der Waals surface area contributed by atoms with Gasteiger partial charge in [0.2, 0.25) is 5.91 Å². The SMILES string of the molecule is CN(C)c1ccc(/C=C2/SC(=O)N(CC(=O)Nc3ccc(Br)cc3)C2=O)cc1. The lowest BCUT2D eigenvalue weighted by molar-refractivity contribution is -0.127. The van der Waals surface area contributed by atoms with Gasteiger partial charge in [0, 0.05) is 29.9 Å². The molecule has 1 heterocycles. The van der Waals surface area contributed by atoms with E-state index in [0.29, 0.717) is 10.6 Å². The van der Waals surface area contributed by atoms with E-state index in [1.807, 2.05) is 43.3 Å². The molecule has 1 saturated heterocycles. The molecule has 1 aliphatic rings. The molecule has 2 aromatic rings. The first-order chi connectivity index (χ1) is 13.3. The van der Waals surface area contributed by atoms with Crippen molar-refractivity contribution in [3.05, 3.63) is 63.5 Å². The van der Waals surface area contributed by atoms with Gasteiger partial charge in [-0.1, -0.05) is 28.1 Å². The minimum absolute atomic E-state index is 0.305. The third-order valence-electron chi connectivity index (χ3n) is 4.01. The van der Waals surface area contributed by atoms with E-state index >= 15 is 0 Å². The summed E-state index contributed by atoms with van der Waals surface area (Å²) >= 11 is 4.16. The van der Waals surface area contributed by atoms with Crippen LogP contribution in [0.3, 0.4) is 0 Å². The summed E-state index contributed by atoms with van der Waals surface area (Å²) in [4.78, 5) is 40.2. The number of amides is 3. The molecule has 0 saturated carbocycles. The summed E-state index contributed by atoms with van der Waals surface area (Å²) in [6.07, 6.45) is 1.66. The van der Waals surface area contributed by atoms with Gasteiger partial charge in [-0.25, -0.2) is 0 Å². The van der Waals surface area contributed by atoms with E-state index in [2.05, 4.69) is 21.2 Å². The van der Waals surface area contributed by atoms with E-state index in [0.717, 1.165) is 32.4 Å². The van der Waals surface area contributed by atoms with Gasteiger partial charge in [0.05, 0.1) is 4.91 Å². The van der Waals surface area contributed by atoms with E-state index < -0.39 is 17.1 Å². The summed E-state index contributed by atoms with van der Waals surface area (Å²) in [5.74, 6) is -0.890. The van der Waals surface area contributed by atoms with Crippen LogP contribution in [0.15, 0.2) is 57.9 Å². The Kier molecular flexibility index (Phi) is 6.21. The average molecular weight is 460 g/mol. The number of anilines is 2. The zero-order chi connectivity index (χ0) is 20.3. The van der Waals surface area contributed by atoms with Crippen molar-refractivity contribution in [2.24, 2.45) is 0 Å². The number of hydrogen-bond donors (Lipinski definition) is 1. The van der Waals surface area contributed by atoms with Crippen LogP contribution in [-0.4, -0.2) is 42.6 Å². The quantitative estimate of drug-likeness (QED) is 0.678. The van der Waals surface area contributed by atoms with Crippen LogP contribution in [0.1, 0.15) is 5.56 Å². The second-order valence-electron chi connectivity index (χ2n) is 6.31. The molecule has 0 aliphatic carbocycles. The standard InChI is InChI=1S/C20H18BrN3O3S/c1-23(2)16-9-3-13(4-10-16)11-17-19(26)24(20(27)28-17)12-18(25)22-15-7-5-14(21)6-8-15/h3-11H,12H2,1-2H3,(H,22,25)/b17-11+. The molecule has 6 nitrogen and oxygen atoms in total. The molecule has 0 atom stereocenters. The molecule has 28 heavy (non-hydrogen) atoms. The second kappa shape index (κ2) is 8.62. The molecule has 0 unspecified atom stereocenters. The summed E-state index contributed by atoms with van der Waals surface area (Å²) in [5, 5.41) is 2.23. The van der Waals surface area contributed by atoms with Crippen molar-refractivity contribution in [2.45, 2.75) is 0 Å². The van der Waals surface area contributed by atoms with Crippen molar-refractivity contribution in [1.29, 1.82) is 0 Å². The Bertz CT molecular complexity index is 940. The molecule has 1 fully saturated rings. The Morgan fingerprint density at radius 3 is 2.36 bits per heavy atom. The second-order valence-corrected chi connectivity index (χ2v) is 8.22. The topological polar surface area (TPSA) is 69.7 Å². The molecule has 1 N–H and O–H groups in total. The monoisotopic (exact) mass is 459 g/mol. The lowest BCUT2D eigenvalue weighted by atomic mass is 10.2. The molecule has 0 aromatic heterocycles. The Hall–Kier alpha value is -2.58. The minimum atomic E-state index is -0.461. The van der Waals surface area contributed by atoms with E-state index in [1.165, 1.54) is 0 Å². The maximum absolute atomic E-state index is 12.5. The molecule has 0 radical (unpaired) electrons. The summed E-state index contributed by atoms with van der Waals surface area (Å²) in [7, 11) is 3.89. The molecule has 2 aromatic carbocycles. The number of nitrogens with one attached hydrogen (secondary N) is 1. The van der Waals surface area contributed by atoms with Gasteiger partial charge in [-0.15, -0.1) is 0 Å². The van der Waals surface area contributed by atoms with E-state index in [9.17, 15) is 14.4 Å². The van der Waals surface area contributed by atoms with Crippen molar-refractivity contribution in [3.8, 4) is 0 Å². The van der Waals surface area contributed by atoms with Gasteiger partial charge in [-0.05, 0) is 59.8 Å². The predicted molar refractivity (Wildman–Crippen MR) is 116 cm³/mol. The molecule has 0 spiro atoms. The molecule has 8 heteroatoms. The van der Waals surface area contributed by atoms with Crippen LogP contribution in [0.25, 0.3) is 6.08 Å². The zero-order valence-corrected chi connectivity index (χ0v) is 17.7. The Labute approximate surface area is 175 Å². The highest BCUT2D eigenvalue weighted by atomic mass is 79.9. The predicted octanol–water partition coefficient (Wildman–Crippen LogP) is 4.19. The fourth-order valence-corrected chi connectivity index (χ4v) is 3.64. The zero-order valence-electron chi connectivity index (χ0n) is 15.3. The van der Waals surface area contributed by atoms with Crippen LogP contribution < -0.4 is 10.2 Å². The fourth-order valence-electron chi connectivity index (χ4n) is 2.53. The Morgan fingerprint density at radius 2 is 1.75 bits per heavy atom. The maximum atomic E-state index is 12.5. The van der Waals surface area contributed by atoms with Crippen LogP contribution in [0, 0.1) is 0 Å². The van der Waals surface area contributed by atoms with Crippen molar-refractivity contribution >= 4 is 62.2 Å². The molecule has 3 rings (SSSR count). The highest BCUT2D eigenvalue weighted by Gasteiger charge is 2.36. The van der Waals surface area contributed by atoms with Gasteiger partial charge in [0.25, 0.3) is 11.1 Å². The number of imide groups is 1. The van der Waals surface area contributed by atoms with Crippen LogP contribution in [0.2, 0.25) is 0 Å². The third-order valence-corrected chi connectivity index (χ3v) is 5.45. The molecule has 1 aliphatic heterocycles. The number of hydrogen-bond acceptors (Lipinski definition) is 5. The smallest absolute Gasteiger partial charge is 0.294 e. The summed E-state index contributed by atoms with van der Waals surface area (Å²) in [6.45, 7) is -0.322. The summed E-state index contributed by atoms with van der Waals surface area (Å²) < 4.78 is 0.889. The van der Waals surface area contributed by atoms with Crippen LogP contribution in [-0.2, 0) is 9.59 Å². The number of benzene rings is 2. The minimum Gasteiger partial charge on any atom is -0.378 e. The summed E-state index contributed by atoms with van der Waals surface area (Å²) in [6, 6.07) is 14.7. The van der Waals surface area contributed by atoms with E-state index in [-0.39, 0.29) is 6.54 Å². The van der Waals surface area contributed by atoms with Gasteiger partial charge in [0.1, 0.15) is 6.54 Å². The van der Waals surface area contributed by atoms with Crippen molar-refractivity contribution in [3.63, 3.8) is 0 Å². The number of carbonyl (C=O) groups is 3. The van der Waals surface area contributed by atoms with E-state index in [1.54, 1.807) is 30.3 Å². The Morgan fingerprint density at radius 1 is 1.11 bits per heavy atom. The number of halogens is 1. The Balaban J connectivity index is 1.67. The first-order valence-corrected chi connectivity index (χ1v) is 10.0. The molecular weight excluding hydrogens is 442 g/mol. The van der Waals surface area contributed by atoms with Gasteiger partial charge in [0.15, 0.2) is 0 Å². The van der Waals surface area contributed by atoms with Crippen molar-refractivity contribution in [1.82, 2.24) is 4.90 Å². The maximum Gasteiger partial charge on any atom is 0.294 e. The highest BCUT2D eigenvalue weighted by molar-refractivity contribution is 9.10. The van der Waals surface area contributed by atoms with Gasteiger partial charge in [-0.3, -0.25) is 19.3 Å². The van der Waals surface area contributed by atoms with Crippen LogP contribution in [0.4, 0.5) is 16.2 Å². The summed E-state index contributed by atoms with van der Waals surface area (Å²) in [5.41, 5.74) is 2.45. The lowest BCUT2D eigenvalue weighted by Crippen LogP contribution is -2.36. The molecule has 144 valence electrons. The normalized spacial score (nSPS) is 15.2. The van der Waals surface area contributed by atoms with Crippen LogP contribution in [0.5, 0.6) is 0 Å². The third kappa shape index (κ3) is 4.82. The number of nitrogens with zero attached hydrogens (tertiary/aromatic N) is 2. The first kappa shape index (κ1) is 20.2. The first-order valence-electron chi connectivity index (χ1n) is 8.41. The van der Waals surface area contributed by atoms with Crippen molar-refractivity contribution < 1.29 is 14.4 Å². The highest BCUT2D eigenvalue weighted by Crippen LogP contribution is 2.32. The number of thioether (sulfide) groups is 1. The molecular formula is C20H18BrN3O3S. The lowest BCUT2D eigenvalue weighted by Gasteiger charge is -2.12. The molecule has 3 amide bonds. The number of rotatable bonds is 5.